The minimum atomic E-state index is -0.0193. The molecule has 1 aromatic heterocycles. The van der Waals surface area contributed by atoms with Crippen LogP contribution in [0.4, 0.5) is 0 Å². The predicted molar refractivity (Wildman–Crippen MR) is 92.1 cm³/mol. The van der Waals surface area contributed by atoms with E-state index in [1.807, 2.05) is 42.8 Å². The highest BCUT2D eigenvalue weighted by Gasteiger charge is 2.10. The Morgan fingerprint density at radius 2 is 1.91 bits per heavy atom. The fourth-order valence-electron chi connectivity index (χ4n) is 2.16. The van der Waals surface area contributed by atoms with Crippen molar-refractivity contribution in [3.05, 3.63) is 51.3 Å². The fraction of sp³-hybridized carbons (Fsp3) is 0.412. The summed E-state index contributed by atoms with van der Waals surface area (Å²) in [7, 11) is 0. The Balaban J connectivity index is 2.05. The molecule has 0 saturated carbocycles. The molecule has 1 amide bonds. The van der Waals surface area contributed by atoms with Gasteiger partial charge in [0.1, 0.15) is 0 Å². The molecule has 22 heavy (non-hydrogen) atoms. The molecule has 0 aliphatic carbocycles. The number of hydrogen-bond acceptors (Lipinski definition) is 2. The zero-order chi connectivity index (χ0) is 16.3. The Hall–Kier alpha value is -1.62. The van der Waals surface area contributed by atoms with Gasteiger partial charge in [0.25, 0.3) is 5.91 Å². The smallest absolute Gasteiger partial charge is 0.251 e. The first kappa shape index (κ1) is 16.7. The van der Waals surface area contributed by atoms with Crippen molar-refractivity contribution in [3.8, 4) is 0 Å². The molecule has 0 unspecified atom stereocenters. The lowest BCUT2D eigenvalue weighted by Crippen LogP contribution is -2.27. The molecule has 2 aromatic rings. The van der Waals surface area contributed by atoms with Crippen LogP contribution in [-0.4, -0.2) is 22.2 Å². The number of aryl methyl sites for hydroxylation is 1. The van der Waals surface area contributed by atoms with Crippen molar-refractivity contribution in [1.29, 1.82) is 0 Å². The predicted octanol–water partition coefficient (Wildman–Crippen LogP) is 3.70. The van der Waals surface area contributed by atoms with E-state index in [0.717, 1.165) is 21.4 Å². The minimum absolute atomic E-state index is 0.0193. The molecule has 1 heterocycles. The molecule has 4 nitrogen and oxygen atoms in total. The van der Waals surface area contributed by atoms with Crippen molar-refractivity contribution < 1.29 is 4.79 Å². The van der Waals surface area contributed by atoms with Crippen molar-refractivity contribution in [2.45, 2.75) is 34.2 Å². The van der Waals surface area contributed by atoms with Gasteiger partial charge in [-0.3, -0.25) is 9.48 Å². The lowest BCUT2D eigenvalue weighted by atomic mass is 10.1. The molecule has 0 saturated heterocycles. The number of rotatable bonds is 5. The molecular weight excluding hydrogens is 342 g/mol. The molecule has 2 rings (SSSR count). The summed E-state index contributed by atoms with van der Waals surface area (Å²) in [5.41, 5.74) is 3.91. The summed E-state index contributed by atoms with van der Waals surface area (Å²) < 4.78 is 3.02. The van der Waals surface area contributed by atoms with Crippen LogP contribution < -0.4 is 5.32 Å². The number of hydrogen-bond donors (Lipinski definition) is 1. The van der Waals surface area contributed by atoms with E-state index in [4.69, 9.17) is 0 Å². The standard InChI is InChI=1S/C17H22BrN3O/c1-11(2)9-19-17(22)15-7-5-14(6-8-15)10-21-13(4)16(18)12(3)20-21/h5-8,11H,9-10H2,1-4H3,(H,19,22). The van der Waals surface area contributed by atoms with Gasteiger partial charge in [0.05, 0.1) is 22.4 Å². The number of carbonyl (C=O) groups is 1. The van der Waals surface area contributed by atoms with Crippen LogP contribution in [-0.2, 0) is 6.54 Å². The van der Waals surface area contributed by atoms with Crippen LogP contribution >= 0.6 is 15.9 Å². The Bertz CT molecular complexity index is 659. The largest absolute Gasteiger partial charge is 0.352 e. The van der Waals surface area contributed by atoms with E-state index < -0.39 is 0 Å². The number of nitrogens with zero attached hydrogens (tertiary/aromatic N) is 2. The summed E-state index contributed by atoms with van der Waals surface area (Å²) in [4.78, 5) is 12.0. The Morgan fingerprint density at radius 3 is 2.41 bits per heavy atom. The van der Waals surface area contributed by atoms with E-state index in [2.05, 4.69) is 40.2 Å². The average molecular weight is 364 g/mol. The van der Waals surface area contributed by atoms with E-state index in [9.17, 15) is 4.79 Å². The van der Waals surface area contributed by atoms with Gasteiger partial charge >= 0.3 is 0 Å². The third-order valence-corrected chi connectivity index (χ3v) is 4.66. The molecule has 5 heteroatoms. The lowest BCUT2D eigenvalue weighted by Gasteiger charge is -2.09. The first-order valence-corrected chi connectivity index (χ1v) is 8.24. The van der Waals surface area contributed by atoms with Crippen LogP contribution in [0, 0.1) is 19.8 Å². The summed E-state index contributed by atoms with van der Waals surface area (Å²) in [5, 5.41) is 7.43. The van der Waals surface area contributed by atoms with Gasteiger partial charge in [0.15, 0.2) is 0 Å². The van der Waals surface area contributed by atoms with Crippen molar-refractivity contribution >= 4 is 21.8 Å². The van der Waals surface area contributed by atoms with Crippen LogP contribution in [0.25, 0.3) is 0 Å². The minimum Gasteiger partial charge on any atom is -0.352 e. The van der Waals surface area contributed by atoms with Gasteiger partial charge in [-0.2, -0.15) is 5.10 Å². The van der Waals surface area contributed by atoms with Crippen LogP contribution in [0.1, 0.15) is 41.2 Å². The van der Waals surface area contributed by atoms with E-state index in [1.54, 1.807) is 0 Å². The fourth-order valence-corrected chi connectivity index (χ4v) is 2.45. The summed E-state index contributed by atoms with van der Waals surface area (Å²) in [6.07, 6.45) is 0. The van der Waals surface area contributed by atoms with Gasteiger partial charge in [-0.05, 0) is 53.4 Å². The average Bonchev–Trinajstić information content (AvgIpc) is 2.73. The molecule has 0 bridgehead atoms. The van der Waals surface area contributed by atoms with Crippen LogP contribution in [0.5, 0.6) is 0 Å². The van der Waals surface area contributed by atoms with Gasteiger partial charge in [-0.1, -0.05) is 26.0 Å². The molecule has 0 radical (unpaired) electrons. The Kier molecular flexibility index (Phi) is 5.40. The topological polar surface area (TPSA) is 46.9 Å². The van der Waals surface area contributed by atoms with Crippen molar-refractivity contribution in [2.75, 3.05) is 6.54 Å². The van der Waals surface area contributed by atoms with E-state index in [0.29, 0.717) is 24.6 Å². The maximum Gasteiger partial charge on any atom is 0.251 e. The van der Waals surface area contributed by atoms with Gasteiger partial charge in [0.2, 0.25) is 0 Å². The number of carbonyl (C=O) groups excluding carboxylic acids is 1. The first-order chi connectivity index (χ1) is 10.4. The zero-order valence-electron chi connectivity index (χ0n) is 13.5. The van der Waals surface area contributed by atoms with Gasteiger partial charge in [0, 0.05) is 12.1 Å². The quantitative estimate of drug-likeness (QED) is 0.880. The van der Waals surface area contributed by atoms with Crippen molar-refractivity contribution in [2.24, 2.45) is 5.92 Å². The zero-order valence-corrected chi connectivity index (χ0v) is 15.1. The molecule has 0 atom stereocenters. The van der Waals surface area contributed by atoms with Gasteiger partial charge in [-0.25, -0.2) is 0 Å². The summed E-state index contributed by atoms with van der Waals surface area (Å²) in [6.45, 7) is 9.58. The first-order valence-electron chi connectivity index (χ1n) is 7.45. The SMILES string of the molecule is Cc1nn(Cc2ccc(C(=O)NCC(C)C)cc2)c(C)c1Br. The second-order valence-corrected chi connectivity index (χ2v) is 6.74. The monoisotopic (exact) mass is 363 g/mol. The summed E-state index contributed by atoms with van der Waals surface area (Å²) >= 11 is 3.54. The molecule has 0 aliphatic rings. The number of amides is 1. The second kappa shape index (κ2) is 7.09. The summed E-state index contributed by atoms with van der Waals surface area (Å²) in [6, 6.07) is 7.70. The van der Waals surface area contributed by atoms with Crippen LogP contribution in [0.2, 0.25) is 0 Å². The molecule has 1 N–H and O–H groups in total. The molecular formula is C17H22BrN3O. The third kappa shape index (κ3) is 3.97. The maximum absolute atomic E-state index is 12.0. The molecule has 0 fully saturated rings. The molecule has 118 valence electrons. The molecule has 1 aromatic carbocycles. The van der Waals surface area contributed by atoms with E-state index in [1.165, 1.54) is 0 Å². The normalized spacial score (nSPS) is 11.0. The highest BCUT2D eigenvalue weighted by atomic mass is 79.9. The second-order valence-electron chi connectivity index (χ2n) is 5.94. The Labute approximate surface area is 140 Å². The molecule has 0 spiro atoms. The van der Waals surface area contributed by atoms with Gasteiger partial charge < -0.3 is 5.32 Å². The van der Waals surface area contributed by atoms with E-state index in [-0.39, 0.29) is 5.91 Å². The number of halogens is 1. The summed E-state index contributed by atoms with van der Waals surface area (Å²) in [5.74, 6) is 0.432. The molecule has 0 aliphatic heterocycles. The Morgan fingerprint density at radius 1 is 1.27 bits per heavy atom. The number of benzene rings is 1. The number of nitrogens with one attached hydrogen (secondary N) is 1. The number of aromatic nitrogens is 2. The van der Waals surface area contributed by atoms with Crippen LogP contribution in [0.3, 0.4) is 0 Å². The van der Waals surface area contributed by atoms with Crippen LogP contribution in [0.15, 0.2) is 28.7 Å². The van der Waals surface area contributed by atoms with Crippen molar-refractivity contribution in [3.63, 3.8) is 0 Å². The van der Waals surface area contributed by atoms with Gasteiger partial charge in [-0.15, -0.1) is 0 Å². The van der Waals surface area contributed by atoms with E-state index >= 15 is 0 Å². The lowest BCUT2D eigenvalue weighted by molar-refractivity contribution is 0.0949. The maximum atomic E-state index is 12.0. The highest BCUT2D eigenvalue weighted by molar-refractivity contribution is 9.10. The van der Waals surface area contributed by atoms with Crippen molar-refractivity contribution in [1.82, 2.24) is 15.1 Å². The third-order valence-electron chi connectivity index (χ3n) is 3.51. The highest BCUT2D eigenvalue weighted by Crippen LogP contribution is 2.20.